The summed E-state index contributed by atoms with van der Waals surface area (Å²) in [6.07, 6.45) is 5.01. The van der Waals surface area contributed by atoms with Crippen LogP contribution in [0.2, 0.25) is 0 Å². The number of hydrogen-bond acceptors (Lipinski definition) is 6. The summed E-state index contributed by atoms with van der Waals surface area (Å²) in [5.41, 5.74) is 1.02. The fourth-order valence-electron chi connectivity index (χ4n) is 3.85. The van der Waals surface area contributed by atoms with Crippen molar-refractivity contribution in [3.05, 3.63) is 76.2 Å². The molecule has 4 rings (SSSR count). The molecule has 1 fully saturated rings. The quantitative estimate of drug-likeness (QED) is 0.437. The Bertz CT molecular complexity index is 1030. The minimum Gasteiger partial charge on any atom is -0.337 e. The number of benzene rings is 2. The third-order valence-electron chi connectivity index (χ3n) is 5.39. The average Bonchev–Trinajstić information content (AvgIpc) is 3.27. The molecule has 3 aromatic rings. The Morgan fingerprint density at radius 2 is 1.87 bits per heavy atom. The van der Waals surface area contributed by atoms with Gasteiger partial charge in [-0.2, -0.15) is 4.98 Å². The van der Waals surface area contributed by atoms with Crippen molar-refractivity contribution >= 4 is 11.6 Å². The van der Waals surface area contributed by atoms with E-state index in [9.17, 15) is 14.9 Å². The molecule has 0 aliphatic heterocycles. The van der Waals surface area contributed by atoms with E-state index in [1.807, 2.05) is 30.3 Å². The molecule has 2 aromatic carbocycles. The molecule has 1 aromatic heterocycles. The van der Waals surface area contributed by atoms with Gasteiger partial charge in [-0.05, 0) is 18.9 Å². The van der Waals surface area contributed by atoms with E-state index in [4.69, 9.17) is 4.52 Å². The number of hydrogen-bond donors (Lipinski definition) is 0. The number of rotatable bonds is 6. The standard InChI is InChI=1S/C22H22N4O4/c27-22(17-10-7-13-19(14-17)26(28)29)25(18-11-5-2-6-12-18)15-20-23-21(24-30-20)16-8-3-1-4-9-16/h1,3-4,7-10,13-14,18H,2,5-6,11-12,15H2. The van der Waals surface area contributed by atoms with Crippen LogP contribution in [0, 0.1) is 10.1 Å². The van der Waals surface area contributed by atoms with Crippen molar-refractivity contribution in [2.24, 2.45) is 0 Å². The second-order valence-corrected chi connectivity index (χ2v) is 7.41. The minimum absolute atomic E-state index is 0.0394. The second kappa shape index (κ2) is 8.86. The fraction of sp³-hybridized carbons (Fsp3) is 0.318. The van der Waals surface area contributed by atoms with Crippen LogP contribution >= 0.6 is 0 Å². The molecule has 30 heavy (non-hydrogen) atoms. The summed E-state index contributed by atoms with van der Waals surface area (Å²) < 4.78 is 5.43. The van der Waals surface area contributed by atoms with E-state index < -0.39 is 4.92 Å². The largest absolute Gasteiger partial charge is 0.337 e. The smallest absolute Gasteiger partial charge is 0.270 e. The second-order valence-electron chi connectivity index (χ2n) is 7.41. The molecule has 8 nitrogen and oxygen atoms in total. The molecule has 1 heterocycles. The molecule has 0 bridgehead atoms. The molecular formula is C22H22N4O4. The minimum atomic E-state index is -0.494. The van der Waals surface area contributed by atoms with E-state index in [1.54, 1.807) is 11.0 Å². The van der Waals surface area contributed by atoms with Gasteiger partial charge in [0.1, 0.15) is 6.54 Å². The first-order chi connectivity index (χ1) is 14.6. The van der Waals surface area contributed by atoms with Crippen LogP contribution in [0.1, 0.15) is 48.4 Å². The van der Waals surface area contributed by atoms with Gasteiger partial charge in [0.05, 0.1) is 4.92 Å². The van der Waals surface area contributed by atoms with Gasteiger partial charge in [-0.15, -0.1) is 0 Å². The summed E-state index contributed by atoms with van der Waals surface area (Å²) in [6.45, 7) is 0.173. The molecule has 1 saturated carbocycles. The van der Waals surface area contributed by atoms with Gasteiger partial charge in [-0.3, -0.25) is 14.9 Å². The van der Waals surface area contributed by atoms with Gasteiger partial charge in [0.25, 0.3) is 11.6 Å². The first kappa shape index (κ1) is 19.8. The molecule has 0 saturated heterocycles. The maximum absolute atomic E-state index is 13.3. The monoisotopic (exact) mass is 406 g/mol. The molecule has 0 N–H and O–H groups in total. The van der Waals surface area contributed by atoms with Gasteiger partial charge < -0.3 is 9.42 Å². The summed E-state index contributed by atoms with van der Waals surface area (Å²) >= 11 is 0. The van der Waals surface area contributed by atoms with E-state index in [2.05, 4.69) is 10.1 Å². The van der Waals surface area contributed by atoms with Gasteiger partial charge in [0.15, 0.2) is 0 Å². The van der Waals surface area contributed by atoms with Crippen molar-refractivity contribution in [2.45, 2.75) is 44.7 Å². The van der Waals surface area contributed by atoms with Crippen LogP contribution in [-0.4, -0.2) is 31.9 Å². The molecule has 0 spiro atoms. The predicted molar refractivity (Wildman–Crippen MR) is 110 cm³/mol. The zero-order chi connectivity index (χ0) is 20.9. The van der Waals surface area contributed by atoms with Crippen molar-refractivity contribution in [3.8, 4) is 11.4 Å². The van der Waals surface area contributed by atoms with Gasteiger partial charge in [-0.25, -0.2) is 0 Å². The van der Waals surface area contributed by atoms with Gasteiger partial charge >= 0.3 is 0 Å². The summed E-state index contributed by atoms with van der Waals surface area (Å²) in [6, 6.07) is 15.4. The Balaban J connectivity index is 1.60. The van der Waals surface area contributed by atoms with Crippen LogP contribution in [-0.2, 0) is 6.54 Å². The van der Waals surface area contributed by atoms with Crippen LogP contribution in [0.15, 0.2) is 59.1 Å². The Kier molecular flexibility index (Phi) is 5.83. The number of nitro benzene ring substituents is 1. The summed E-state index contributed by atoms with van der Waals surface area (Å²) in [5, 5.41) is 15.2. The summed E-state index contributed by atoms with van der Waals surface area (Å²) in [5.74, 6) is 0.556. The molecule has 8 heteroatoms. The van der Waals surface area contributed by atoms with Crippen LogP contribution in [0.5, 0.6) is 0 Å². The van der Waals surface area contributed by atoms with E-state index in [1.165, 1.54) is 18.2 Å². The maximum Gasteiger partial charge on any atom is 0.270 e. The van der Waals surface area contributed by atoms with Crippen LogP contribution in [0.3, 0.4) is 0 Å². The zero-order valence-electron chi connectivity index (χ0n) is 16.4. The highest BCUT2D eigenvalue weighted by Crippen LogP contribution is 2.27. The van der Waals surface area contributed by atoms with Crippen LogP contribution < -0.4 is 0 Å². The van der Waals surface area contributed by atoms with Crippen molar-refractivity contribution in [2.75, 3.05) is 0 Å². The summed E-state index contributed by atoms with van der Waals surface area (Å²) in [4.78, 5) is 30.1. The highest BCUT2D eigenvalue weighted by Gasteiger charge is 2.29. The topological polar surface area (TPSA) is 102 Å². The first-order valence-electron chi connectivity index (χ1n) is 10.1. The predicted octanol–water partition coefficient (Wildman–Crippen LogP) is 4.62. The lowest BCUT2D eigenvalue weighted by Crippen LogP contribution is -2.41. The molecule has 0 radical (unpaired) electrons. The number of non-ortho nitro benzene ring substituents is 1. The molecule has 0 atom stereocenters. The van der Waals surface area contributed by atoms with Crippen molar-refractivity contribution < 1.29 is 14.2 Å². The Morgan fingerprint density at radius 3 is 2.60 bits per heavy atom. The molecule has 154 valence electrons. The van der Waals surface area contributed by atoms with Gasteiger partial charge in [0.2, 0.25) is 11.7 Å². The Morgan fingerprint density at radius 1 is 1.10 bits per heavy atom. The molecule has 1 aliphatic carbocycles. The Labute approximate surface area is 173 Å². The average molecular weight is 406 g/mol. The number of nitrogens with zero attached hydrogens (tertiary/aromatic N) is 4. The molecule has 1 amide bonds. The van der Waals surface area contributed by atoms with Crippen LogP contribution in [0.25, 0.3) is 11.4 Å². The summed E-state index contributed by atoms with van der Waals surface area (Å²) in [7, 11) is 0. The normalized spacial score (nSPS) is 14.4. The third kappa shape index (κ3) is 4.37. The number of carbonyl (C=O) groups is 1. The Hall–Kier alpha value is -3.55. The van der Waals surface area contributed by atoms with Crippen molar-refractivity contribution in [1.29, 1.82) is 0 Å². The SMILES string of the molecule is O=C(c1cccc([N+](=O)[O-])c1)N(Cc1nc(-c2ccccc2)no1)C1CCCCC1. The first-order valence-corrected chi connectivity index (χ1v) is 10.1. The maximum atomic E-state index is 13.3. The number of aromatic nitrogens is 2. The number of nitro groups is 1. The van der Waals surface area contributed by atoms with Gasteiger partial charge in [0, 0.05) is 29.3 Å². The van der Waals surface area contributed by atoms with E-state index >= 15 is 0 Å². The van der Waals surface area contributed by atoms with Crippen LogP contribution in [0.4, 0.5) is 5.69 Å². The molecular weight excluding hydrogens is 384 g/mol. The van der Waals surface area contributed by atoms with Gasteiger partial charge in [-0.1, -0.05) is 60.8 Å². The highest BCUT2D eigenvalue weighted by molar-refractivity contribution is 5.95. The lowest BCUT2D eigenvalue weighted by molar-refractivity contribution is -0.384. The lowest BCUT2D eigenvalue weighted by Gasteiger charge is -2.33. The zero-order valence-corrected chi connectivity index (χ0v) is 16.4. The third-order valence-corrected chi connectivity index (χ3v) is 5.39. The van der Waals surface area contributed by atoms with E-state index in [-0.39, 0.29) is 29.7 Å². The van der Waals surface area contributed by atoms with E-state index in [0.717, 1.165) is 37.7 Å². The number of carbonyl (C=O) groups excluding carboxylic acids is 1. The lowest BCUT2D eigenvalue weighted by atomic mass is 9.93. The number of amides is 1. The molecule has 0 unspecified atom stereocenters. The van der Waals surface area contributed by atoms with Crippen molar-refractivity contribution in [3.63, 3.8) is 0 Å². The van der Waals surface area contributed by atoms with E-state index in [0.29, 0.717) is 11.7 Å². The van der Waals surface area contributed by atoms with Crippen molar-refractivity contribution in [1.82, 2.24) is 15.0 Å². The molecule has 1 aliphatic rings. The highest BCUT2D eigenvalue weighted by atomic mass is 16.6. The fourth-order valence-corrected chi connectivity index (χ4v) is 3.85.